The number of carbonyl (C=O) groups is 1. The molecule has 1 aromatic heterocycles. The molecule has 1 aromatic carbocycles. The van der Waals surface area contributed by atoms with Crippen LogP contribution in [0.1, 0.15) is 28.8 Å². The Hall–Kier alpha value is -1.99. The Morgan fingerprint density at radius 2 is 1.74 bits per heavy atom. The molecule has 1 amide bonds. The van der Waals surface area contributed by atoms with Crippen LogP contribution in [-0.2, 0) is 4.79 Å². The van der Waals surface area contributed by atoms with Crippen molar-refractivity contribution in [2.45, 2.75) is 25.7 Å². The topological polar surface area (TPSA) is 52.6 Å². The van der Waals surface area contributed by atoms with Crippen LogP contribution >= 0.6 is 11.3 Å². The largest absolute Gasteiger partial charge is 0.368 e. The minimum absolute atomic E-state index is 0.271. The second-order valence-electron chi connectivity index (χ2n) is 7.41. The average molecular weight is 386 g/mol. The number of benzene rings is 1. The summed E-state index contributed by atoms with van der Waals surface area (Å²) < 4.78 is 0. The van der Waals surface area contributed by atoms with Gasteiger partial charge in [0.15, 0.2) is 0 Å². The summed E-state index contributed by atoms with van der Waals surface area (Å²) in [5.74, 6) is 0.782. The van der Waals surface area contributed by atoms with Crippen LogP contribution in [-0.4, -0.2) is 71.7 Å². The van der Waals surface area contributed by atoms with Crippen molar-refractivity contribution in [1.29, 1.82) is 0 Å². The summed E-state index contributed by atoms with van der Waals surface area (Å²) >= 11 is 1.71. The highest BCUT2D eigenvalue weighted by molar-refractivity contribution is 7.11. The highest BCUT2D eigenvalue weighted by Crippen LogP contribution is 2.29. The van der Waals surface area contributed by atoms with Crippen LogP contribution in [0.5, 0.6) is 0 Å². The molecule has 7 heteroatoms. The van der Waals surface area contributed by atoms with Gasteiger partial charge in [0.25, 0.3) is 0 Å². The minimum atomic E-state index is 0.271. The number of hydrogen-bond donors (Lipinski definition) is 0. The van der Waals surface area contributed by atoms with Crippen LogP contribution in [0.15, 0.2) is 30.3 Å². The molecule has 2 saturated heterocycles. The van der Waals surface area contributed by atoms with Gasteiger partial charge in [0.2, 0.25) is 5.91 Å². The monoisotopic (exact) mass is 385 g/mol. The third-order valence-electron chi connectivity index (χ3n) is 5.59. The van der Waals surface area contributed by atoms with Crippen molar-refractivity contribution in [3.8, 4) is 0 Å². The predicted octanol–water partition coefficient (Wildman–Crippen LogP) is 2.37. The summed E-state index contributed by atoms with van der Waals surface area (Å²) in [5, 5.41) is 10.6. The van der Waals surface area contributed by atoms with Gasteiger partial charge in [0.05, 0.1) is 6.54 Å². The van der Waals surface area contributed by atoms with Gasteiger partial charge < -0.3 is 9.80 Å². The van der Waals surface area contributed by atoms with E-state index < -0.39 is 0 Å². The van der Waals surface area contributed by atoms with E-state index in [1.54, 1.807) is 11.3 Å². The Balaban J connectivity index is 1.22. The van der Waals surface area contributed by atoms with Crippen LogP contribution in [0.2, 0.25) is 0 Å². The van der Waals surface area contributed by atoms with E-state index in [-0.39, 0.29) is 5.91 Å². The fraction of sp³-hybridized carbons (Fsp3) is 0.550. The predicted molar refractivity (Wildman–Crippen MR) is 108 cm³/mol. The molecule has 0 unspecified atom stereocenters. The molecule has 0 saturated carbocycles. The Labute approximate surface area is 164 Å². The molecule has 6 nitrogen and oxygen atoms in total. The SMILES string of the molecule is Cc1nnc(C2CCN(CC(=O)N3CCN(c4ccccc4)CC3)CC2)s1. The number of aryl methyl sites for hydroxylation is 1. The van der Waals surface area contributed by atoms with Gasteiger partial charge in [-0.3, -0.25) is 9.69 Å². The van der Waals surface area contributed by atoms with Gasteiger partial charge in [-0.2, -0.15) is 0 Å². The quantitative estimate of drug-likeness (QED) is 0.809. The molecule has 2 aliphatic rings. The lowest BCUT2D eigenvalue weighted by Crippen LogP contribution is -2.51. The molecule has 2 aliphatic heterocycles. The number of nitrogens with zero attached hydrogens (tertiary/aromatic N) is 5. The zero-order chi connectivity index (χ0) is 18.6. The maximum Gasteiger partial charge on any atom is 0.236 e. The number of amides is 1. The molecular weight excluding hydrogens is 358 g/mol. The molecule has 3 heterocycles. The third kappa shape index (κ3) is 4.47. The smallest absolute Gasteiger partial charge is 0.236 e. The Morgan fingerprint density at radius 3 is 2.37 bits per heavy atom. The number of likely N-dealkylation sites (tertiary alicyclic amines) is 1. The first-order valence-corrected chi connectivity index (χ1v) is 10.6. The molecule has 0 aliphatic carbocycles. The summed E-state index contributed by atoms with van der Waals surface area (Å²) in [4.78, 5) is 19.4. The van der Waals surface area contributed by atoms with Crippen LogP contribution in [0.25, 0.3) is 0 Å². The number of piperidine rings is 1. The van der Waals surface area contributed by atoms with E-state index in [1.807, 2.05) is 17.9 Å². The van der Waals surface area contributed by atoms with Crippen LogP contribution in [0.3, 0.4) is 0 Å². The summed E-state index contributed by atoms with van der Waals surface area (Å²) in [7, 11) is 0. The summed E-state index contributed by atoms with van der Waals surface area (Å²) in [6.45, 7) is 7.95. The maximum absolute atomic E-state index is 12.7. The number of aromatic nitrogens is 2. The minimum Gasteiger partial charge on any atom is -0.368 e. The third-order valence-corrected chi connectivity index (χ3v) is 6.59. The fourth-order valence-electron chi connectivity index (χ4n) is 3.96. The molecule has 2 aromatic rings. The Kier molecular flexibility index (Phi) is 5.69. The van der Waals surface area contributed by atoms with Crippen molar-refractivity contribution in [3.63, 3.8) is 0 Å². The number of rotatable bonds is 4. The zero-order valence-corrected chi connectivity index (χ0v) is 16.7. The molecule has 0 radical (unpaired) electrons. The lowest BCUT2D eigenvalue weighted by molar-refractivity contribution is -0.133. The van der Waals surface area contributed by atoms with E-state index in [1.165, 1.54) is 5.69 Å². The molecule has 0 spiro atoms. The second kappa shape index (κ2) is 8.35. The summed E-state index contributed by atoms with van der Waals surface area (Å²) in [6, 6.07) is 10.5. The molecule has 4 rings (SSSR count). The van der Waals surface area contributed by atoms with Crippen molar-refractivity contribution in [1.82, 2.24) is 20.0 Å². The van der Waals surface area contributed by atoms with Gasteiger partial charge in [-0.25, -0.2) is 0 Å². The number of piperazine rings is 1. The van der Waals surface area contributed by atoms with E-state index in [9.17, 15) is 4.79 Å². The van der Waals surface area contributed by atoms with E-state index >= 15 is 0 Å². The van der Waals surface area contributed by atoms with E-state index in [2.05, 4.69) is 44.3 Å². The summed E-state index contributed by atoms with van der Waals surface area (Å²) in [5.41, 5.74) is 1.25. The lowest BCUT2D eigenvalue weighted by atomic mass is 9.97. The Bertz CT molecular complexity index is 749. The normalized spacial score (nSPS) is 19.4. The molecule has 0 N–H and O–H groups in total. The van der Waals surface area contributed by atoms with Gasteiger partial charge in [0, 0.05) is 37.8 Å². The first-order chi connectivity index (χ1) is 13.2. The molecule has 27 heavy (non-hydrogen) atoms. The molecule has 2 fully saturated rings. The van der Waals surface area contributed by atoms with Crippen LogP contribution < -0.4 is 4.90 Å². The fourth-order valence-corrected chi connectivity index (χ4v) is 4.83. The highest BCUT2D eigenvalue weighted by atomic mass is 32.1. The van der Waals surface area contributed by atoms with Crippen molar-refractivity contribution in [2.24, 2.45) is 0 Å². The maximum atomic E-state index is 12.7. The first kappa shape index (κ1) is 18.4. The first-order valence-electron chi connectivity index (χ1n) is 9.79. The molecule has 0 atom stereocenters. The standard InChI is InChI=1S/C20H27N5OS/c1-16-21-22-20(27-16)17-7-9-23(10-8-17)15-19(26)25-13-11-24(12-14-25)18-5-3-2-4-6-18/h2-6,17H,7-15H2,1H3. The van der Waals surface area contributed by atoms with Crippen LogP contribution in [0, 0.1) is 6.92 Å². The lowest BCUT2D eigenvalue weighted by Gasteiger charge is -2.38. The number of hydrogen-bond acceptors (Lipinski definition) is 6. The average Bonchev–Trinajstić information content (AvgIpc) is 3.16. The van der Waals surface area contributed by atoms with E-state index in [0.717, 1.165) is 62.1 Å². The summed E-state index contributed by atoms with van der Waals surface area (Å²) in [6.07, 6.45) is 2.15. The van der Waals surface area contributed by atoms with E-state index in [0.29, 0.717) is 12.5 Å². The number of para-hydroxylation sites is 1. The van der Waals surface area contributed by atoms with E-state index in [4.69, 9.17) is 0 Å². The molecule has 0 bridgehead atoms. The van der Waals surface area contributed by atoms with Crippen molar-refractivity contribution < 1.29 is 4.79 Å². The van der Waals surface area contributed by atoms with Gasteiger partial charge in [0.1, 0.15) is 10.0 Å². The molecular formula is C20H27N5OS. The van der Waals surface area contributed by atoms with Crippen molar-refractivity contribution in [3.05, 3.63) is 40.3 Å². The zero-order valence-electron chi connectivity index (χ0n) is 15.9. The van der Waals surface area contributed by atoms with Crippen LogP contribution in [0.4, 0.5) is 5.69 Å². The number of carbonyl (C=O) groups excluding carboxylic acids is 1. The Morgan fingerprint density at radius 1 is 1.04 bits per heavy atom. The van der Waals surface area contributed by atoms with Gasteiger partial charge in [-0.1, -0.05) is 18.2 Å². The van der Waals surface area contributed by atoms with Crippen molar-refractivity contribution >= 4 is 22.9 Å². The van der Waals surface area contributed by atoms with Crippen molar-refractivity contribution in [2.75, 3.05) is 50.7 Å². The number of anilines is 1. The highest BCUT2D eigenvalue weighted by Gasteiger charge is 2.27. The van der Waals surface area contributed by atoms with Gasteiger partial charge in [-0.15, -0.1) is 21.5 Å². The van der Waals surface area contributed by atoms with Gasteiger partial charge in [-0.05, 0) is 45.0 Å². The molecule has 144 valence electrons. The van der Waals surface area contributed by atoms with Gasteiger partial charge >= 0.3 is 0 Å². The second-order valence-corrected chi connectivity index (χ2v) is 8.63.